The van der Waals surface area contributed by atoms with Gasteiger partial charge >= 0.3 is 0 Å². The number of carbonyl (C=O) groups excluding carboxylic acids is 1. The first-order chi connectivity index (χ1) is 9.75. The molecule has 1 atom stereocenters. The van der Waals surface area contributed by atoms with Crippen LogP contribution in [0.15, 0.2) is 36.5 Å². The monoisotopic (exact) mass is 269 g/mol. The molecule has 1 amide bonds. The highest BCUT2D eigenvalue weighted by Crippen LogP contribution is 2.18. The van der Waals surface area contributed by atoms with E-state index >= 15 is 0 Å². The number of benzene rings is 1. The van der Waals surface area contributed by atoms with Gasteiger partial charge in [-0.1, -0.05) is 31.2 Å². The summed E-state index contributed by atoms with van der Waals surface area (Å²) < 4.78 is 0. The molecule has 0 saturated carbocycles. The Labute approximate surface area is 118 Å². The summed E-state index contributed by atoms with van der Waals surface area (Å²) in [5.41, 5.74) is 0.926. The van der Waals surface area contributed by atoms with Gasteiger partial charge in [-0.25, -0.2) is 0 Å². The van der Waals surface area contributed by atoms with Crippen molar-refractivity contribution < 1.29 is 4.79 Å². The van der Waals surface area contributed by atoms with Crippen molar-refractivity contribution in [2.45, 2.75) is 13.5 Å². The fourth-order valence-corrected chi connectivity index (χ4v) is 2.53. The molecule has 0 radical (unpaired) electrons. The lowest BCUT2D eigenvalue weighted by molar-refractivity contribution is -0.126. The number of carbonyl (C=O) groups is 1. The van der Waals surface area contributed by atoms with Crippen LogP contribution in [0, 0.1) is 11.8 Å². The summed E-state index contributed by atoms with van der Waals surface area (Å²) in [6.45, 7) is 4.38. The number of pyridine rings is 1. The Morgan fingerprint density at radius 2 is 2.20 bits per heavy atom. The molecule has 4 heteroatoms. The van der Waals surface area contributed by atoms with Crippen LogP contribution in [-0.2, 0) is 11.3 Å². The standard InChI is InChI=1S/C16H19N3O/c1-11(13-8-17-9-13)16(20)19-10-15-14-5-3-2-4-12(14)6-7-18-15/h2-7,11,13,17H,8-10H2,1H3,(H,19,20). The van der Waals surface area contributed by atoms with Crippen molar-refractivity contribution in [3.63, 3.8) is 0 Å². The van der Waals surface area contributed by atoms with E-state index in [9.17, 15) is 4.79 Å². The highest BCUT2D eigenvalue weighted by molar-refractivity contribution is 5.85. The summed E-state index contributed by atoms with van der Waals surface area (Å²) in [6.07, 6.45) is 1.79. The number of rotatable bonds is 4. The van der Waals surface area contributed by atoms with Crippen molar-refractivity contribution in [1.82, 2.24) is 15.6 Å². The molecule has 2 aromatic rings. The van der Waals surface area contributed by atoms with Crippen molar-refractivity contribution in [3.8, 4) is 0 Å². The predicted molar refractivity (Wildman–Crippen MR) is 79.1 cm³/mol. The van der Waals surface area contributed by atoms with E-state index in [-0.39, 0.29) is 11.8 Å². The Morgan fingerprint density at radius 1 is 1.40 bits per heavy atom. The van der Waals surface area contributed by atoms with E-state index in [1.165, 1.54) is 0 Å². The van der Waals surface area contributed by atoms with E-state index < -0.39 is 0 Å². The second-order valence-electron chi connectivity index (χ2n) is 5.40. The van der Waals surface area contributed by atoms with Gasteiger partial charge in [0.25, 0.3) is 0 Å². The van der Waals surface area contributed by atoms with Crippen LogP contribution in [0.3, 0.4) is 0 Å². The maximum absolute atomic E-state index is 12.1. The van der Waals surface area contributed by atoms with E-state index in [0.717, 1.165) is 29.6 Å². The molecule has 2 heterocycles. The summed E-state index contributed by atoms with van der Waals surface area (Å²) in [5, 5.41) is 8.47. The smallest absolute Gasteiger partial charge is 0.223 e. The van der Waals surface area contributed by atoms with Crippen molar-refractivity contribution in [2.75, 3.05) is 13.1 Å². The van der Waals surface area contributed by atoms with Gasteiger partial charge in [-0.3, -0.25) is 9.78 Å². The Bertz CT molecular complexity index is 617. The number of hydrogen-bond donors (Lipinski definition) is 2. The van der Waals surface area contributed by atoms with Crippen LogP contribution in [0.2, 0.25) is 0 Å². The number of nitrogens with one attached hydrogen (secondary N) is 2. The first-order valence-corrected chi connectivity index (χ1v) is 7.07. The molecule has 1 fully saturated rings. The topological polar surface area (TPSA) is 54.0 Å². The lowest BCUT2D eigenvalue weighted by Crippen LogP contribution is -2.49. The molecule has 0 spiro atoms. The molecule has 1 aromatic carbocycles. The quantitative estimate of drug-likeness (QED) is 0.888. The fraction of sp³-hybridized carbons (Fsp3) is 0.375. The molecule has 0 aliphatic carbocycles. The van der Waals surface area contributed by atoms with Crippen LogP contribution < -0.4 is 10.6 Å². The van der Waals surface area contributed by atoms with Crippen LogP contribution in [0.5, 0.6) is 0 Å². The molecule has 104 valence electrons. The fourth-order valence-electron chi connectivity index (χ4n) is 2.53. The Morgan fingerprint density at radius 3 is 2.95 bits per heavy atom. The minimum Gasteiger partial charge on any atom is -0.350 e. The van der Waals surface area contributed by atoms with Crippen LogP contribution in [-0.4, -0.2) is 24.0 Å². The summed E-state index contributed by atoms with van der Waals surface area (Å²) in [5.74, 6) is 0.646. The van der Waals surface area contributed by atoms with E-state index in [0.29, 0.717) is 12.5 Å². The molecule has 1 aliphatic heterocycles. The Balaban J connectivity index is 1.69. The average molecular weight is 269 g/mol. The van der Waals surface area contributed by atoms with Crippen molar-refractivity contribution in [2.24, 2.45) is 11.8 Å². The Kier molecular flexibility index (Phi) is 3.65. The van der Waals surface area contributed by atoms with Gasteiger partial charge in [0.2, 0.25) is 5.91 Å². The van der Waals surface area contributed by atoms with E-state index in [2.05, 4.69) is 21.7 Å². The average Bonchev–Trinajstić information content (AvgIpc) is 2.42. The minimum atomic E-state index is 0.0613. The van der Waals surface area contributed by atoms with Gasteiger partial charge in [-0.05, 0) is 30.5 Å². The third-order valence-electron chi connectivity index (χ3n) is 4.12. The molecule has 20 heavy (non-hydrogen) atoms. The summed E-state index contributed by atoms with van der Waals surface area (Å²) in [4.78, 5) is 16.5. The molecule has 1 aromatic heterocycles. The predicted octanol–water partition coefficient (Wildman–Crippen LogP) is 1.71. The van der Waals surface area contributed by atoms with Gasteiger partial charge in [-0.2, -0.15) is 0 Å². The number of nitrogens with zero attached hydrogens (tertiary/aromatic N) is 1. The summed E-state index contributed by atoms with van der Waals surface area (Å²) >= 11 is 0. The van der Waals surface area contributed by atoms with Gasteiger partial charge in [0.15, 0.2) is 0 Å². The SMILES string of the molecule is CC(C(=O)NCc1nccc2ccccc12)C1CNC1. The van der Waals surface area contributed by atoms with Crippen LogP contribution in [0.25, 0.3) is 10.8 Å². The minimum absolute atomic E-state index is 0.0613. The lowest BCUT2D eigenvalue weighted by atomic mass is 9.88. The number of amides is 1. The third kappa shape index (κ3) is 2.51. The zero-order valence-electron chi connectivity index (χ0n) is 11.6. The number of fused-ring (bicyclic) bond motifs is 1. The summed E-state index contributed by atoms with van der Waals surface area (Å²) in [6, 6.07) is 10.1. The molecular formula is C16H19N3O. The molecule has 1 saturated heterocycles. The largest absolute Gasteiger partial charge is 0.350 e. The van der Waals surface area contributed by atoms with Crippen molar-refractivity contribution in [3.05, 3.63) is 42.2 Å². The highest BCUT2D eigenvalue weighted by Gasteiger charge is 2.28. The molecule has 3 rings (SSSR count). The molecule has 1 unspecified atom stereocenters. The van der Waals surface area contributed by atoms with E-state index in [4.69, 9.17) is 0 Å². The van der Waals surface area contributed by atoms with Crippen molar-refractivity contribution >= 4 is 16.7 Å². The van der Waals surface area contributed by atoms with Crippen LogP contribution in [0.4, 0.5) is 0 Å². The summed E-state index contributed by atoms with van der Waals surface area (Å²) in [7, 11) is 0. The Hall–Kier alpha value is -1.94. The molecule has 1 aliphatic rings. The number of aromatic nitrogens is 1. The van der Waals surface area contributed by atoms with Gasteiger partial charge in [-0.15, -0.1) is 0 Å². The van der Waals surface area contributed by atoms with Gasteiger partial charge in [0.1, 0.15) is 0 Å². The van der Waals surface area contributed by atoms with Gasteiger partial charge in [0.05, 0.1) is 12.2 Å². The van der Waals surface area contributed by atoms with E-state index in [1.54, 1.807) is 6.20 Å². The molecule has 4 nitrogen and oxygen atoms in total. The van der Waals surface area contributed by atoms with Crippen LogP contribution >= 0.6 is 0 Å². The van der Waals surface area contributed by atoms with Crippen molar-refractivity contribution in [1.29, 1.82) is 0 Å². The zero-order chi connectivity index (χ0) is 13.9. The first kappa shape index (κ1) is 13.1. The lowest BCUT2D eigenvalue weighted by Gasteiger charge is -2.31. The first-order valence-electron chi connectivity index (χ1n) is 7.07. The normalized spacial score (nSPS) is 16.6. The van der Waals surface area contributed by atoms with Gasteiger partial charge < -0.3 is 10.6 Å². The van der Waals surface area contributed by atoms with Gasteiger partial charge in [0, 0.05) is 17.5 Å². The second kappa shape index (κ2) is 5.59. The van der Waals surface area contributed by atoms with E-state index in [1.807, 2.05) is 31.2 Å². The highest BCUT2D eigenvalue weighted by atomic mass is 16.1. The maximum atomic E-state index is 12.1. The molecule has 0 bridgehead atoms. The molecule has 2 N–H and O–H groups in total. The second-order valence-corrected chi connectivity index (χ2v) is 5.40. The molecular weight excluding hydrogens is 250 g/mol. The van der Waals surface area contributed by atoms with Crippen LogP contribution in [0.1, 0.15) is 12.6 Å². The third-order valence-corrected chi connectivity index (χ3v) is 4.12. The zero-order valence-corrected chi connectivity index (χ0v) is 11.6. The maximum Gasteiger partial charge on any atom is 0.223 e. The number of hydrogen-bond acceptors (Lipinski definition) is 3.